The van der Waals surface area contributed by atoms with E-state index >= 15 is 0 Å². The van der Waals surface area contributed by atoms with Crippen LogP contribution in [0.5, 0.6) is 0 Å². The third-order valence-electron chi connectivity index (χ3n) is 2.25. The van der Waals surface area contributed by atoms with Gasteiger partial charge in [0.05, 0.1) is 17.2 Å². The summed E-state index contributed by atoms with van der Waals surface area (Å²) in [6.45, 7) is 2.76. The minimum atomic E-state index is 0.0307. The predicted molar refractivity (Wildman–Crippen MR) is 64.0 cm³/mol. The summed E-state index contributed by atoms with van der Waals surface area (Å²) in [5, 5.41) is 0.667. The van der Waals surface area contributed by atoms with Crippen LogP contribution in [-0.4, -0.2) is 9.55 Å². The van der Waals surface area contributed by atoms with Crippen molar-refractivity contribution in [2.45, 2.75) is 19.9 Å². The van der Waals surface area contributed by atoms with E-state index in [4.69, 9.17) is 0 Å². The summed E-state index contributed by atoms with van der Waals surface area (Å²) in [5.41, 5.74) is 0.777. The van der Waals surface area contributed by atoms with E-state index in [9.17, 15) is 4.79 Å². The molecule has 0 bridgehead atoms. The van der Waals surface area contributed by atoms with Gasteiger partial charge in [-0.3, -0.25) is 9.36 Å². The van der Waals surface area contributed by atoms with Gasteiger partial charge < -0.3 is 0 Å². The molecule has 1 heterocycles. The number of benzene rings is 1. The molecule has 2 rings (SSSR count). The van der Waals surface area contributed by atoms with Crippen molar-refractivity contribution in [1.82, 2.24) is 9.55 Å². The van der Waals surface area contributed by atoms with Gasteiger partial charge in [-0.2, -0.15) is 0 Å². The van der Waals surface area contributed by atoms with Gasteiger partial charge in [0.15, 0.2) is 0 Å². The van der Waals surface area contributed by atoms with Crippen molar-refractivity contribution in [3.8, 4) is 0 Å². The number of halogens is 1. The minimum Gasteiger partial charge on any atom is -0.299 e. The summed E-state index contributed by atoms with van der Waals surface area (Å²) in [4.78, 5) is 16.2. The van der Waals surface area contributed by atoms with Crippen molar-refractivity contribution in [1.29, 1.82) is 0 Å². The Balaban J connectivity index is 2.71. The van der Waals surface area contributed by atoms with E-state index in [2.05, 4.69) is 20.9 Å². The Labute approximate surface area is 95.9 Å². The van der Waals surface area contributed by atoms with Crippen molar-refractivity contribution in [3.63, 3.8) is 0 Å². The molecular weight excluding hydrogens is 256 g/mol. The van der Waals surface area contributed by atoms with E-state index in [-0.39, 0.29) is 5.56 Å². The summed E-state index contributed by atoms with van der Waals surface area (Å²) < 4.78 is 2.55. The lowest BCUT2D eigenvalue weighted by molar-refractivity contribution is 0.648. The van der Waals surface area contributed by atoms with Gasteiger partial charge in [-0.25, -0.2) is 4.98 Å². The highest BCUT2D eigenvalue weighted by molar-refractivity contribution is 9.10. The van der Waals surface area contributed by atoms with Gasteiger partial charge in [0.1, 0.15) is 0 Å². The fourth-order valence-electron chi connectivity index (χ4n) is 1.53. The summed E-state index contributed by atoms with van der Waals surface area (Å²) in [7, 11) is 0. The van der Waals surface area contributed by atoms with Crippen LogP contribution in [0.4, 0.5) is 0 Å². The maximum atomic E-state index is 12.0. The third-order valence-corrected chi connectivity index (χ3v) is 2.74. The zero-order chi connectivity index (χ0) is 10.8. The molecule has 0 aliphatic heterocycles. The molecule has 0 aliphatic carbocycles. The average molecular weight is 267 g/mol. The van der Waals surface area contributed by atoms with Gasteiger partial charge in [0.2, 0.25) is 0 Å². The van der Waals surface area contributed by atoms with Crippen LogP contribution in [0.15, 0.2) is 33.8 Å². The molecule has 1 aromatic heterocycles. The number of fused-ring (bicyclic) bond motifs is 1. The third kappa shape index (κ3) is 1.95. The SMILES string of the molecule is CCCn1cnc2ccc(Br)cc2c1=O. The van der Waals surface area contributed by atoms with Crippen LogP contribution >= 0.6 is 15.9 Å². The predicted octanol–water partition coefficient (Wildman–Crippen LogP) is 2.57. The van der Waals surface area contributed by atoms with Crippen LogP contribution in [-0.2, 0) is 6.54 Å². The normalized spacial score (nSPS) is 10.8. The average Bonchev–Trinajstić information content (AvgIpc) is 2.23. The van der Waals surface area contributed by atoms with Gasteiger partial charge in [-0.15, -0.1) is 0 Å². The number of rotatable bonds is 2. The highest BCUT2D eigenvalue weighted by Crippen LogP contribution is 2.14. The molecule has 1 aromatic carbocycles. The van der Waals surface area contributed by atoms with Gasteiger partial charge in [-0.05, 0) is 24.6 Å². The molecule has 0 saturated carbocycles. The fourth-order valence-corrected chi connectivity index (χ4v) is 1.89. The van der Waals surface area contributed by atoms with Crippen molar-refractivity contribution in [2.24, 2.45) is 0 Å². The zero-order valence-electron chi connectivity index (χ0n) is 8.40. The standard InChI is InChI=1S/C11H11BrN2O/c1-2-5-14-7-13-10-4-3-8(12)6-9(10)11(14)15/h3-4,6-7H,2,5H2,1H3. The smallest absolute Gasteiger partial charge is 0.261 e. The molecule has 3 nitrogen and oxygen atoms in total. The first kappa shape index (κ1) is 10.4. The van der Waals surface area contributed by atoms with Crippen molar-refractivity contribution < 1.29 is 0 Å². The van der Waals surface area contributed by atoms with E-state index in [1.165, 1.54) is 0 Å². The minimum absolute atomic E-state index is 0.0307. The van der Waals surface area contributed by atoms with Crippen LogP contribution in [0, 0.1) is 0 Å². The molecular formula is C11H11BrN2O. The molecule has 0 spiro atoms. The Kier molecular flexibility index (Phi) is 2.86. The Morgan fingerprint density at radius 2 is 2.27 bits per heavy atom. The molecule has 0 aliphatic rings. The Bertz CT molecular complexity index is 548. The van der Waals surface area contributed by atoms with Crippen molar-refractivity contribution >= 4 is 26.8 Å². The highest BCUT2D eigenvalue weighted by Gasteiger charge is 2.03. The van der Waals surface area contributed by atoms with Crippen LogP contribution < -0.4 is 5.56 Å². The van der Waals surface area contributed by atoms with Gasteiger partial charge >= 0.3 is 0 Å². The molecule has 15 heavy (non-hydrogen) atoms. The lowest BCUT2D eigenvalue weighted by atomic mass is 10.2. The van der Waals surface area contributed by atoms with E-state index in [1.54, 1.807) is 10.9 Å². The quantitative estimate of drug-likeness (QED) is 0.838. The molecule has 0 unspecified atom stereocenters. The Morgan fingerprint density at radius 3 is 3.00 bits per heavy atom. The molecule has 2 aromatic rings. The van der Waals surface area contributed by atoms with E-state index in [0.717, 1.165) is 16.4 Å². The monoisotopic (exact) mass is 266 g/mol. The number of aryl methyl sites for hydroxylation is 1. The summed E-state index contributed by atoms with van der Waals surface area (Å²) >= 11 is 3.35. The summed E-state index contributed by atoms with van der Waals surface area (Å²) in [6, 6.07) is 5.55. The molecule has 0 amide bonds. The number of nitrogens with zero attached hydrogens (tertiary/aromatic N) is 2. The van der Waals surface area contributed by atoms with Gasteiger partial charge in [-0.1, -0.05) is 22.9 Å². The Morgan fingerprint density at radius 1 is 1.47 bits per heavy atom. The van der Waals surface area contributed by atoms with Gasteiger partial charge in [0.25, 0.3) is 5.56 Å². The Hall–Kier alpha value is -1.16. The van der Waals surface area contributed by atoms with Crippen LogP contribution in [0.25, 0.3) is 10.9 Å². The van der Waals surface area contributed by atoms with Crippen LogP contribution in [0.3, 0.4) is 0 Å². The van der Waals surface area contributed by atoms with E-state index in [0.29, 0.717) is 11.9 Å². The second-order valence-corrected chi connectivity index (χ2v) is 4.32. The van der Waals surface area contributed by atoms with Crippen molar-refractivity contribution in [3.05, 3.63) is 39.4 Å². The lowest BCUT2D eigenvalue weighted by Crippen LogP contribution is -2.20. The largest absolute Gasteiger partial charge is 0.299 e. The zero-order valence-corrected chi connectivity index (χ0v) is 9.99. The topological polar surface area (TPSA) is 34.9 Å². The number of aromatic nitrogens is 2. The number of hydrogen-bond acceptors (Lipinski definition) is 2. The molecule has 0 fully saturated rings. The van der Waals surface area contributed by atoms with Crippen LogP contribution in [0.1, 0.15) is 13.3 Å². The first-order valence-electron chi connectivity index (χ1n) is 4.87. The van der Waals surface area contributed by atoms with Crippen molar-refractivity contribution in [2.75, 3.05) is 0 Å². The summed E-state index contributed by atoms with van der Waals surface area (Å²) in [5.74, 6) is 0. The molecule has 0 radical (unpaired) electrons. The molecule has 0 saturated heterocycles. The summed E-state index contributed by atoms with van der Waals surface area (Å²) in [6.07, 6.45) is 2.54. The molecule has 78 valence electrons. The molecule has 0 N–H and O–H groups in total. The lowest BCUT2D eigenvalue weighted by Gasteiger charge is -2.04. The first-order valence-corrected chi connectivity index (χ1v) is 5.66. The van der Waals surface area contributed by atoms with Gasteiger partial charge in [0, 0.05) is 11.0 Å². The molecule has 4 heteroatoms. The number of hydrogen-bond donors (Lipinski definition) is 0. The maximum absolute atomic E-state index is 12.0. The molecule has 0 atom stereocenters. The maximum Gasteiger partial charge on any atom is 0.261 e. The second kappa shape index (κ2) is 4.14. The fraction of sp³-hybridized carbons (Fsp3) is 0.273. The van der Waals surface area contributed by atoms with E-state index in [1.807, 2.05) is 25.1 Å². The highest BCUT2D eigenvalue weighted by atomic mass is 79.9. The first-order chi connectivity index (χ1) is 7.22. The second-order valence-electron chi connectivity index (χ2n) is 3.40. The van der Waals surface area contributed by atoms with Crippen LogP contribution in [0.2, 0.25) is 0 Å². The van der Waals surface area contributed by atoms with E-state index < -0.39 is 0 Å².